The van der Waals surface area contributed by atoms with Gasteiger partial charge in [0.15, 0.2) is 11.6 Å². The molecule has 92 valence electrons. The van der Waals surface area contributed by atoms with Crippen LogP contribution in [0.2, 0.25) is 0 Å². The minimum atomic E-state index is -1.09. The van der Waals surface area contributed by atoms with Crippen LogP contribution in [0.4, 0.5) is 14.5 Å². The normalized spacial score (nSPS) is 11.1. The first-order valence-corrected chi connectivity index (χ1v) is 5.57. The van der Waals surface area contributed by atoms with E-state index >= 15 is 0 Å². The Bertz CT molecular complexity index is 447. The summed E-state index contributed by atoms with van der Waals surface area (Å²) in [6.07, 6.45) is 1.79. The van der Waals surface area contributed by atoms with Gasteiger partial charge in [0.25, 0.3) is 0 Å². The van der Waals surface area contributed by atoms with Crippen molar-refractivity contribution in [2.75, 3.05) is 5.32 Å². The lowest BCUT2D eigenvalue weighted by atomic mass is 9.98. The molecular weight excluding hydrogens is 222 g/mol. The molecule has 0 saturated heterocycles. The summed E-state index contributed by atoms with van der Waals surface area (Å²) < 4.78 is 27.0. The third kappa shape index (κ3) is 3.16. The number of hydrogen-bond donors (Lipinski definition) is 1. The van der Waals surface area contributed by atoms with Gasteiger partial charge in [-0.15, -0.1) is 0 Å². The van der Waals surface area contributed by atoms with Crippen LogP contribution in [0.5, 0.6) is 0 Å². The van der Waals surface area contributed by atoms with Crippen molar-refractivity contribution in [3.63, 3.8) is 0 Å². The van der Waals surface area contributed by atoms with Gasteiger partial charge in [-0.25, -0.2) is 8.78 Å². The van der Waals surface area contributed by atoms with Gasteiger partial charge in [0, 0.05) is 5.54 Å². The second-order valence-electron chi connectivity index (χ2n) is 4.66. The Labute approximate surface area is 100 Å². The van der Waals surface area contributed by atoms with Crippen molar-refractivity contribution >= 4 is 5.69 Å². The van der Waals surface area contributed by atoms with E-state index in [-0.39, 0.29) is 16.8 Å². The second-order valence-corrected chi connectivity index (χ2v) is 4.66. The van der Waals surface area contributed by atoms with E-state index in [1.807, 2.05) is 20.8 Å². The van der Waals surface area contributed by atoms with Crippen LogP contribution in [0.15, 0.2) is 12.1 Å². The predicted molar refractivity (Wildman–Crippen MR) is 63.7 cm³/mol. The first-order valence-electron chi connectivity index (χ1n) is 5.57. The molecule has 1 rings (SSSR count). The summed E-state index contributed by atoms with van der Waals surface area (Å²) in [6, 6.07) is 4.29. The molecule has 2 nitrogen and oxygen atoms in total. The summed E-state index contributed by atoms with van der Waals surface area (Å²) in [4.78, 5) is 0. The van der Waals surface area contributed by atoms with Crippen LogP contribution in [0.3, 0.4) is 0 Å². The topological polar surface area (TPSA) is 35.8 Å². The molecule has 0 unspecified atom stereocenters. The van der Waals surface area contributed by atoms with Gasteiger partial charge in [0.1, 0.15) is 6.07 Å². The fraction of sp³-hybridized carbons (Fsp3) is 0.462. The standard InChI is InChI=1S/C13H16F2N2/c1-4-7-13(2,3)17-10-6-5-9(8-16)11(14)12(10)15/h5-6,17H,4,7H2,1-3H3. The molecule has 0 amide bonds. The number of anilines is 1. The number of nitrogens with zero attached hydrogens (tertiary/aromatic N) is 1. The fourth-order valence-electron chi connectivity index (χ4n) is 1.78. The highest BCUT2D eigenvalue weighted by atomic mass is 19.2. The molecule has 0 radical (unpaired) electrons. The molecule has 1 aromatic rings. The maximum absolute atomic E-state index is 13.6. The van der Waals surface area contributed by atoms with Gasteiger partial charge in [0.05, 0.1) is 11.3 Å². The molecule has 17 heavy (non-hydrogen) atoms. The molecule has 0 aliphatic heterocycles. The number of benzene rings is 1. The molecule has 4 heteroatoms. The van der Waals surface area contributed by atoms with Gasteiger partial charge < -0.3 is 5.32 Å². The van der Waals surface area contributed by atoms with E-state index in [2.05, 4.69) is 5.32 Å². The SMILES string of the molecule is CCCC(C)(C)Nc1ccc(C#N)c(F)c1F. The minimum Gasteiger partial charge on any atom is -0.378 e. The monoisotopic (exact) mass is 238 g/mol. The van der Waals surface area contributed by atoms with Crippen LogP contribution >= 0.6 is 0 Å². The van der Waals surface area contributed by atoms with Crippen molar-refractivity contribution in [2.45, 2.75) is 39.2 Å². The van der Waals surface area contributed by atoms with E-state index in [0.717, 1.165) is 12.8 Å². The lowest BCUT2D eigenvalue weighted by molar-refractivity contribution is 0.485. The highest BCUT2D eigenvalue weighted by Gasteiger charge is 2.20. The number of nitrogens with one attached hydrogen (secondary N) is 1. The lowest BCUT2D eigenvalue weighted by Gasteiger charge is -2.27. The van der Waals surface area contributed by atoms with Gasteiger partial charge in [-0.3, -0.25) is 0 Å². The van der Waals surface area contributed by atoms with Gasteiger partial charge in [0.2, 0.25) is 0 Å². The maximum Gasteiger partial charge on any atom is 0.183 e. The molecule has 0 atom stereocenters. The zero-order valence-electron chi connectivity index (χ0n) is 10.3. The quantitative estimate of drug-likeness (QED) is 0.865. The van der Waals surface area contributed by atoms with Crippen LogP contribution in [0.1, 0.15) is 39.2 Å². The number of halogens is 2. The molecule has 0 bridgehead atoms. The second kappa shape index (κ2) is 5.13. The first-order chi connectivity index (χ1) is 7.91. The molecule has 1 N–H and O–H groups in total. The third-order valence-electron chi connectivity index (χ3n) is 2.55. The largest absolute Gasteiger partial charge is 0.378 e. The van der Waals surface area contributed by atoms with Gasteiger partial charge in [-0.2, -0.15) is 5.26 Å². The van der Waals surface area contributed by atoms with Crippen molar-refractivity contribution in [1.29, 1.82) is 5.26 Å². The van der Waals surface area contributed by atoms with Gasteiger partial charge in [-0.1, -0.05) is 13.3 Å². The van der Waals surface area contributed by atoms with Crippen LogP contribution in [-0.4, -0.2) is 5.54 Å². The Morgan fingerprint density at radius 3 is 2.47 bits per heavy atom. The summed E-state index contributed by atoms with van der Waals surface area (Å²) in [5.74, 6) is -2.09. The summed E-state index contributed by atoms with van der Waals surface area (Å²) in [7, 11) is 0. The first kappa shape index (κ1) is 13.4. The lowest BCUT2D eigenvalue weighted by Crippen LogP contribution is -2.31. The zero-order chi connectivity index (χ0) is 13.1. The highest BCUT2D eigenvalue weighted by Crippen LogP contribution is 2.25. The van der Waals surface area contributed by atoms with Crippen LogP contribution < -0.4 is 5.32 Å². The molecule has 0 aliphatic carbocycles. The predicted octanol–water partition coefficient (Wildman–Crippen LogP) is 3.83. The minimum absolute atomic E-state index is 0.0972. The molecular formula is C13H16F2N2. The Morgan fingerprint density at radius 2 is 1.94 bits per heavy atom. The molecule has 0 heterocycles. The van der Waals surface area contributed by atoms with Gasteiger partial charge >= 0.3 is 0 Å². The number of rotatable bonds is 4. The summed E-state index contributed by atoms with van der Waals surface area (Å²) >= 11 is 0. The van der Waals surface area contributed by atoms with Crippen molar-refractivity contribution in [2.24, 2.45) is 0 Å². The van der Waals surface area contributed by atoms with Crippen LogP contribution in [0.25, 0.3) is 0 Å². The average Bonchev–Trinajstić information content (AvgIpc) is 2.25. The van der Waals surface area contributed by atoms with E-state index in [9.17, 15) is 8.78 Å². The summed E-state index contributed by atoms with van der Waals surface area (Å²) in [6.45, 7) is 5.87. The molecule has 0 fully saturated rings. The average molecular weight is 238 g/mol. The molecule has 1 aromatic carbocycles. The maximum atomic E-state index is 13.6. The smallest absolute Gasteiger partial charge is 0.183 e. The number of hydrogen-bond acceptors (Lipinski definition) is 2. The molecule has 0 spiro atoms. The third-order valence-corrected chi connectivity index (χ3v) is 2.55. The Hall–Kier alpha value is -1.63. The molecule has 0 saturated carbocycles. The van der Waals surface area contributed by atoms with Crippen molar-refractivity contribution in [3.05, 3.63) is 29.3 Å². The van der Waals surface area contributed by atoms with Crippen LogP contribution in [-0.2, 0) is 0 Å². The van der Waals surface area contributed by atoms with E-state index < -0.39 is 11.6 Å². The Kier molecular flexibility index (Phi) is 4.06. The zero-order valence-corrected chi connectivity index (χ0v) is 10.3. The van der Waals surface area contributed by atoms with E-state index in [1.54, 1.807) is 6.07 Å². The van der Waals surface area contributed by atoms with E-state index in [4.69, 9.17) is 5.26 Å². The highest BCUT2D eigenvalue weighted by molar-refractivity contribution is 5.51. The summed E-state index contributed by atoms with van der Waals surface area (Å²) in [5, 5.41) is 11.5. The Balaban J connectivity index is 3.02. The molecule has 0 aromatic heterocycles. The number of nitriles is 1. The van der Waals surface area contributed by atoms with Crippen molar-refractivity contribution in [3.8, 4) is 6.07 Å². The fourth-order valence-corrected chi connectivity index (χ4v) is 1.78. The van der Waals surface area contributed by atoms with Crippen molar-refractivity contribution in [1.82, 2.24) is 0 Å². The van der Waals surface area contributed by atoms with Crippen molar-refractivity contribution < 1.29 is 8.78 Å². The summed E-state index contributed by atoms with van der Waals surface area (Å²) in [5.41, 5.74) is -0.489. The molecule has 0 aliphatic rings. The Morgan fingerprint density at radius 1 is 1.29 bits per heavy atom. The van der Waals surface area contributed by atoms with E-state index in [0.29, 0.717) is 0 Å². The van der Waals surface area contributed by atoms with Crippen LogP contribution in [0, 0.1) is 23.0 Å². The van der Waals surface area contributed by atoms with Gasteiger partial charge in [-0.05, 0) is 32.4 Å². The van der Waals surface area contributed by atoms with E-state index in [1.165, 1.54) is 12.1 Å².